The molecule has 1 fully saturated rings. The lowest BCUT2D eigenvalue weighted by molar-refractivity contribution is 0.0663. The van der Waals surface area contributed by atoms with E-state index < -0.39 is 0 Å². The quantitative estimate of drug-likeness (QED) is 0.758. The number of aryl methyl sites for hydroxylation is 2. The van der Waals surface area contributed by atoms with Crippen molar-refractivity contribution in [3.8, 4) is 0 Å². The average molecular weight is 355 g/mol. The number of carbonyl (C=O) groups excluding carboxylic acids is 1. The van der Waals surface area contributed by atoms with E-state index in [4.69, 9.17) is 4.52 Å². The van der Waals surface area contributed by atoms with E-state index in [-0.39, 0.29) is 23.1 Å². The Morgan fingerprint density at radius 2 is 2.12 bits per heavy atom. The number of nitrogens with zero attached hydrogens (tertiary/aromatic N) is 4. The van der Waals surface area contributed by atoms with Crippen molar-refractivity contribution in [1.29, 1.82) is 0 Å². The fourth-order valence-corrected chi connectivity index (χ4v) is 3.48. The summed E-state index contributed by atoms with van der Waals surface area (Å²) in [6.45, 7) is 6.66. The van der Waals surface area contributed by atoms with Gasteiger partial charge in [0.05, 0.1) is 5.69 Å². The van der Waals surface area contributed by atoms with E-state index >= 15 is 0 Å². The molecule has 136 valence electrons. The van der Waals surface area contributed by atoms with Crippen molar-refractivity contribution >= 4 is 11.6 Å². The lowest BCUT2D eigenvalue weighted by Gasteiger charge is -2.31. The number of H-pyrrole nitrogens is 1. The van der Waals surface area contributed by atoms with E-state index in [1.807, 2.05) is 13.0 Å². The van der Waals surface area contributed by atoms with Gasteiger partial charge in [-0.05, 0) is 33.6 Å². The number of hydrogen-bond donors (Lipinski definition) is 1. The number of hydrogen-bond acceptors (Lipinski definition) is 5. The molecule has 4 rings (SSSR count). The molecule has 8 nitrogen and oxygen atoms in total. The molecule has 1 aliphatic heterocycles. The van der Waals surface area contributed by atoms with Gasteiger partial charge in [0, 0.05) is 48.1 Å². The van der Waals surface area contributed by atoms with Crippen LogP contribution < -0.4 is 5.56 Å². The highest BCUT2D eigenvalue weighted by Crippen LogP contribution is 2.27. The van der Waals surface area contributed by atoms with E-state index in [1.165, 1.54) is 4.52 Å². The summed E-state index contributed by atoms with van der Waals surface area (Å²) in [4.78, 5) is 31.3. The third-order valence-corrected chi connectivity index (χ3v) is 5.09. The van der Waals surface area contributed by atoms with E-state index in [0.717, 1.165) is 24.2 Å². The zero-order valence-corrected chi connectivity index (χ0v) is 15.1. The minimum atomic E-state index is -0.145. The first-order valence-electron chi connectivity index (χ1n) is 8.75. The van der Waals surface area contributed by atoms with Gasteiger partial charge in [-0.2, -0.15) is 0 Å². The van der Waals surface area contributed by atoms with Crippen LogP contribution in [0.4, 0.5) is 0 Å². The van der Waals surface area contributed by atoms with Gasteiger partial charge in [-0.15, -0.1) is 0 Å². The number of fused-ring (bicyclic) bond motifs is 1. The Morgan fingerprint density at radius 3 is 2.85 bits per heavy atom. The smallest absolute Gasteiger partial charge is 0.292 e. The lowest BCUT2D eigenvalue weighted by Crippen LogP contribution is -2.39. The molecule has 1 atom stereocenters. The third-order valence-electron chi connectivity index (χ3n) is 5.09. The number of rotatable bonds is 2. The third kappa shape index (κ3) is 2.71. The molecule has 0 bridgehead atoms. The van der Waals surface area contributed by atoms with Crippen molar-refractivity contribution in [2.24, 2.45) is 0 Å². The van der Waals surface area contributed by atoms with Gasteiger partial charge in [0.15, 0.2) is 5.65 Å². The molecule has 0 spiro atoms. The Bertz CT molecular complexity index is 1040. The number of amides is 1. The van der Waals surface area contributed by atoms with Crippen LogP contribution in [-0.4, -0.2) is 43.7 Å². The van der Waals surface area contributed by atoms with Crippen LogP contribution in [0, 0.1) is 20.8 Å². The summed E-state index contributed by atoms with van der Waals surface area (Å²) in [6.07, 6.45) is 1.83. The summed E-state index contributed by atoms with van der Waals surface area (Å²) in [5.41, 5.74) is 3.51. The molecule has 8 heteroatoms. The van der Waals surface area contributed by atoms with E-state index in [1.54, 1.807) is 24.8 Å². The Morgan fingerprint density at radius 1 is 1.31 bits per heavy atom. The number of likely N-dealkylation sites (tertiary alicyclic amines) is 1. The van der Waals surface area contributed by atoms with Crippen molar-refractivity contribution in [3.63, 3.8) is 0 Å². The first-order chi connectivity index (χ1) is 12.4. The summed E-state index contributed by atoms with van der Waals surface area (Å²) in [6, 6.07) is 3.56. The summed E-state index contributed by atoms with van der Waals surface area (Å²) in [5, 5.41) is 6.96. The summed E-state index contributed by atoms with van der Waals surface area (Å²) in [7, 11) is 0. The molecule has 0 saturated carbocycles. The van der Waals surface area contributed by atoms with Crippen LogP contribution in [-0.2, 0) is 0 Å². The van der Waals surface area contributed by atoms with Gasteiger partial charge >= 0.3 is 0 Å². The molecule has 26 heavy (non-hydrogen) atoms. The number of nitrogens with one attached hydrogen (secondary N) is 1. The fourth-order valence-electron chi connectivity index (χ4n) is 3.48. The zero-order chi connectivity index (χ0) is 18.4. The van der Waals surface area contributed by atoms with Crippen molar-refractivity contribution in [1.82, 2.24) is 24.7 Å². The Balaban J connectivity index is 1.62. The van der Waals surface area contributed by atoms with Crippen LogP contribution >= 0.6 is 0 Å². The predicted octanol–water partition coefficient (Wildman–Crippen LogP) is 1.96. The van der Waals surface area contributed by atoms with Gasteiger partial charge in [0.1, 0.15) is 0 Å². The molecule has 1 saturated heterocycles. The molecule has 3 aromatic heterocycles. The Kier molecular flexibility index (Phi) is 3.90. The van der Waals surface area contributed by atoms with Crippen LogP contribution in [0.5, 0.6) is 0 Å². The highest BCUT2D eigenvalue weighted by Gasteiger charge is 2.28. The number of aromatic amines is 1. The van der Waals surface area contributed by atoms with Gasteiger partial charge in [-0.3, -0.25) is 14.7 Å². The molecule has 1 amide bonds. The summed E-state index contributed by atoms with van der Waals surface area (Å²) < 4.78 is 6.59. The standard InChI is InChI=1S/C18H21N5O3/c1-10-7-15(26-21-10)18(25)22-6-4-5-13(9-22)14-8-16-19-12(3)11(2)17(24)23(16)20-14/h7-8,13,20H,4-6,9H2,1-3H3/t13-/m0/s1. The fraction of sp³-hybridized carbons (Fsp3) is 0.444. The van der Waals surface area contributed by atoms with Crippen LogP contribution in [0.1, 0.15) is 52.0 Å². The van der Waals surface area contributed by atoms with Crippen molar-refractivity contribution in [2.75, 3.05) is 13.1 Å². The van der Waals surface area contributed by atoms with Crippen molar-refractivity contribution in [3.05, 3.63) is 50.9 Å². The Hall–Kier alpha value is -2.90. The van der Waals surface area contributed by atoms with Crippen LogP contribution in [0.3, 0.4) is 0 Å². The van der Waals surface area contributed by atoms with Crippen LogP contribution in [0.15, 0.2) is 21.5 Å². The van der Waals surface area contributed by atoms with E-state index in [2.05, 4.69) is 15.2 Å². The van der Waals surface area contributed by atoms with Gasteiger partial charge in [-0.25, -0.2) is 9.50 Å². The SMILES string of the molecule is Cc1cc(C(=O)N2CCC[C@H](c3cc4nc(C)c(C)c(=O)n4[nH]3)C2)on1. The molecular formula is C18H21N5O3. The minimum absolute atomic E-state index is 0.0837. The first kappa shape index (κ1) is 16.6. The number of aromatic nitrogens is 4. The molecule has 0 aromatic carbocycles. The molecule has 1 aliphatic rings. The lowest BCUT2D eigenvalue weighted by atomic mass is 9.94. The van der Waals surface area contributed by atoms with Gasteiger partial charge in [0.2, 0.25) is 5.76 Å². The maximum absolute atomic E-state index is 12.6. The number of piperidine rings is 1. The maximum Gasteiger partial charge on any atom is 0.292 e. The van der Waals surface area contributed by atoms with Gasteiger partial charge < -0.3 is 9.42 Å². The Labute approximate surface area is 149 Å². The summed E-state index contributed by atoms with van der Waals surface area (Å²) in [5.74, 6) is 0.246. The second kappa shape index (κ2) is 6.12. The highest BCUT2D eigenvalue weighted by molar-refractivity contribution is 5.91. The summed E-state index contributed by atoms with van der Waals surface area (Å²) >= 11 is 0. The van der Waals surface area contributed by atoms with E-state index in [9.17, 15) is 9.59 Å². The van der Waals surface area contributed by atoms with Crippen LogP contribution in [0.2, 0.25) is 0 Å². The maximum atomic E-state index is 12.6. The van der Waals surface area contributed by atoms with E-state index in [0.29, 0.717) is 30.0 Å². The molecule has 0 radical (unpaired) electrons. The molecule has 4 heterocycles. The topological polar surface area (TPSA) is 96.5 Å². The van der Waals surface area contributed by atoms with Crippen molar-refractivity contribution in [2.45, 2.75) is 39.5 Å². The van der Waals surface area contributed by atoms with Gasteiger partial charge in [-0.1, -0.05) is 5.16 Å². The molecule has 0 unspecified atom stereocenters. The monoisotopic (exact) mass is 355 g/mol. The largest absolute Gasteiger partial charge is 0.351 e. The minimum Gasteiger partial charge on any atom is -0.351 e. The van der Waals surface area contributed by atoms with Crippen LogP contribution in [0.25, 0.3) is 5.65 Å². The van der Waals surface area contributed by atoms with Gasteiger partial charge in [0.25, 0.3) is 11.5 Å². The molecule has 3 aromatic rings. The zero-order valence-electron chi connectivity index (χ0n) is 15.1. The second-order valence-corrected chi connectivity index (χ2v) is 6.96. The average Bonchev–Trinajstić information content (AvgIpc) is 3.26. The normalized spacial score (nSPS) is 17.8. The van der Waals surface area contributed by atoms with Crippen molar-refractivity contribution < 1.29 is 9.32 Å². The molecular weight excluding hydrogens is 334 g/mol. The predicted molar refractivity (Wildman–Crippen MR) is 94.4 cm³/mol. The molecule has 1 N–H and O–H groups in total. The number of carbonyl (C=O) groups is 1. The highest BCUT2D eigenvalue weighted by atomic mass is 16.5. The first-order valence-corrected chi connectivity index (χ1v) is 8.75. The second-order valence-electron chi connectivity index (χ2n) is 6.96. The molecule has 0 aliphatic carbocycles.